The van der Waals surface area contributed by atoms with Crippen LogP contribution in [-0.2, 0) is 4.43 Å². The molecular weight excluding hydrogens is 248 g/mol. The summed E-state index contributed by atoms with van der Waals surface area (Å²) in [5, 5.41) is 0.264. The third-order valence-electron chi connectivity index (χ3n) is 4.59. The number of rotatable bonds is 5. The molecule has 0 aromatic carbocycles. The normalized spacial score (nSPS) is 22.0. The van der Waals surface area contributed by atoms with Crippen molar-refractivity contribution < 1.29 is 4.43 Å². The molecule has 0 aromatic rings. The van der Waals surface area contributed by atoms with Gasteiger partial charge in [-0.3, -0.25) is 0 Å². The van der Waals surface area contributed by atoms with Crippen LogP contribution in [0.5, 0.6) is 0 Å². The monoisotopic (exact) mass is 278 g/mol. The zero-order chi connectivity index (χ0) is 14.5. The van der Waals surface area contributed by atoms with Crippen molar-refractivity contribution in [1.82, 2.24) is 0 Å². The second kappa shape index (κ2) is 6.77. The summed E-state index contributed by atoms with van der Waals surface area (Å²) < 4.78 is 6.64. The lowest BCUT2D eigenvalue weighted by Gasteiger charge is -2.41. The van der Waals surface area contributed by atoms with E-state index in [-0.39, 0.29) is 5.04 Å². The van der Waals surface area contributed by atoms with Crippen molar-refractivity contribution in [3.05, 3.63) is 12.2 Å². The summed E-state index contributed by atoms with van der Waals surface area (Å²) in [6.07, 6.45) is 16.0. The molecule has 0 fully saturated rings. The molecule has 0 saturated heterocycles. The predicted octanol–water partition coefficient (Wildman–Crippen LogP) is 5.15. The lowest BCUT2D eigenvalue weighted by atomic mass is 9.89. The summed E-state index contributed by atoms with van der Waals surface area (Å²) in [5.74, 6) is 3.34. The summed E-state index contributed by atoms with van der Waals surface area (Å²) in [7, 11) is -1.70. The topological polar surface area (TPSA) is 9.23 Å². The van der Waals surface area contributed by atoms with Crippen LogP contribution >= 0.6 is 0 Å². The number of hydrogen-bond donors (Lipinski definition) is 0. The highest BCUT2D eigenvalue weighted by Crippen LogP contribution is 2.39. The van der Waals surface area contributed by atoms with Gasteiger partial charge >= 0.3 is 0 Å². The minimum atomic E-state index is -1.70. The first kappa shape index (κ1) is 16.5. The first-order valence-corrected chi connectivity index (χ1v) is 10.5. The fourth-order valence-corrected chi connectivity index (χ4v) is 3.69. The number of allylic oxidation sites excluding steroid dienone is 1. The van der Waals surface area contributed by atoms with E-state index in [1.807, 2.05) is 0 Å². The van der Waals surface area contributed by atoms with Crippen molar-refractivity contribution in [3.8, 4) is 12.3 Å². The van der Waals surface area contributed by atoms with E-state index in [9.17, 15) is 0 Å². The lowest BCUT2D eigenvalue weighted by molar-refractivity contribution is 0.123. The van der Waals surface area contributed by atoms with Gasteiger partial charge in [0.25, 0.3) is 0 Å². The van der Waals surface area contributed by atoms with Gasteiger partial charge in [0.15, 0.2) is 8.32 Å². The lowest BCUT2D eigenvalue weighted by Crippen LogP contribution is -2.45. The van der Waals surface area contributed by atoms with Crippen LogP contribution in [0.3, 0.4) is 0 Å². The third kappa shape index (κ3) is 4.82. The third-order valence-corrected chi connectivity index (χ3v) is 9.10. The highest BCUT2D eigenvalue weighted by atomic mass is 28.4. The first-order valence-electron chi connectivity index (χ1n) is 7.56. The molecule has 0 aliphatic heterocycles. The maximum atomic E-state index is 6.64. The van der Waals surface area contributed by atoms with E-state index in [4.69, 9.17) is 10.8 Å². The van der Waals surface area contributed by atoms with Crippen molar-refractivity contribution in [2.24, 2.45) is 5.92 Å². The fraction of sp³-hybridized carbons (Fsp3) is 0.765. The summed E-state index contributed by atoms with van der Waals surface area (Å²) in [4.78, 5) is 0. The molecule has 1 rings (SSSR count). The highest BCUT2D eigenvalue weighted by molar-refractivity contribution is 6.74. The van der Waals surface area contributed by atoms with Gasteiger partial charge in [0.05, 0.1) is 6.10 Å². The van der Waals surface area contributed by atoms with Crippen molar-refractivity contribution in [1.29, 1.82) is 0 Å². The molecule has 0 heterocycles. The minimum Gasteiger partial charge on any atom is -0.413 e. The average Bonchev–Trinajstić information content (AvgIpc) is 2.34. The molecule has 1 aliphatic carbocycles. The molecule has 108 valence electrons. The van der Waals surface area contributed by atoms with Gasteiger partial charge < -0.3 is 4.43 Å². The van der Waals surface area contributed by atoms with Gasteiger partial charge in [-0.25, -0.2) is 0 Å². The molecule has 0 saturated carbocycles. The molecule has 0 spiro atoms. The van der Waals surface area contributed by atoms with E-state index < -0.39 is 8.32 Å². The van der Waals surface area contributed by atoms with Gasteiger partial charge in [0, 0.05) is 12.3 Å². The summed E-state index contributed by atoms with van der Waals surface area (Å²) in [6, 6.07) is 0. The largest absolute Gasteiger partial charge is 0.413 e. The Labute approximate surface area is 120 Å². The van der Waals surface area contributed by atoms with E-state index in [1.54, 1.807) is 0 Å². The molecule has 0 amide bonds. The van der Waals surface area contributed by atoms with Crippen LogP contribution in [0.25, 0.3) is 0 Å². The predicted molar refractivity (Wildman–Crippen MR) is 86.6 cm³/mol. The van der Waals surface area contributed by atoms with Gasteiger partial charge in [-0.15, -0.1) is 12.3 Å². The van der Waals surface area contributed by atoms with Crippen LogP contribution in [-0.4, -0.2) is 14.4 Å². The highest BCUT2D eigenvalue weighted by Gasteiger charge is 2.40. The molecule has 1 nitrogen and oxygen atoms in total. The van der Waals surface area contributed by atoms with Crippen LogP contribution in [0.4, 0.5) is 0 Å². The van der Waals surface area contributed by atoms with E-state index in [0.717, 1.165) is 12.8 Å². The Kier molecular flexibility index (Phi) is 5.89. The molecule has 0 N–H and O–H groups in total. The van der Waals surface area contributed by atoms with Crippen molar-refractivity contribution in [2.45, 2.75) is 77.1 Å². The van der Waals surface area contributed by atoms with Gasteiger partial charge in [0.1, 0.15) is 0 Å². The van der Waals surface area contributed by atoms with E-state index in [1.165, 1.54) is 19.3 Å². The molecule has 2 atom stereocenters. The van der Waals surface area contributed by atoms with E-state index >= 15 is 0 Å². The molecule has 0 aromatic heterocycles. The van der Waals surface area contributed by atoms with Crippen LogP contribution in [0.15, 0.2) is 12.2 Å². The smallest absolute Gasteiger partial charge is 0.192 e. The van der Waals surface area contributed by atoms with Crippen molar-refractivity contribution >= 4 is 8.32 Å². The van der Waals surface area contributed by atoms with Crippen LogP contribution < -0.4 is 0 Å². The molecule has 0 radical (unpaired) electrons. The Morgan fingerprint density at radius 3 is 2.58 bits per heavy atom. The zero-order valence-corrected chi connectivity index (χ0v) is 14.3. The Morgan fingerprint density at radius 2 is 2.11 bits per heavy atom. The maximum absolute atomic E-state index is 6.64. The first-order chi connectivity index (χ1) is 8.78. The van der Waals surface area contributed by atoms with Gasteiger partial charge in [0.2, 0.25) is 0 Å². The molecular formula is C17H30OSi. The maximum Gasteiger partial charge on any atom is 0.192 e. The minimum absolute atomic E-state index is 0.264. The molecule has 19 heavy (non-hydrogen) atoms. The molecule has 0 bridgehead atoms. The summed E-state index contributed by atoms with van der Waals surface area (Å²) in [5.41, 5.74) is 0. The van der Waals surface area contributed by atoms with Crippen LogP contribution in [0.2, 0.25) is 18.1 Å². The Balaban J connectivity index is 2.77. The van der Waals surface area contributed by atoms with Crippen molar-refractivity contribution in [3.63, 3.8) is 0 Å². The zero-order valence-electron chi connectivity index (χ0n) is 13.3. The SMILES string of the molecule is C#CCCC(O[Si](C)(C)C(C)(C)C)C1C=CCCC1. The molecule has 2 heteroatoms. The van der Waals surface area contributed by atoms with Crippen LogP contribution in [0, 0.1) is 18.3 Å². The summed E-state index contributed by atoms with van der Waals surface area (Å²) in [6.45, 7) is 11.6. The van der Waals surface area contributed by atoms with Gasteiger partial charge in [-0.1, -0.05) is 32.9 Å². The van der Waals surface area contributed by atoms with Crippen LogP contribution in [0.1, 0.15) is 52.9 Å². The Hall–Kier alpha value is -0.523. The molecule has 2 unspecified atom stereocenters. The average molecular weight is 279 g/mol. The second-order valence-corrected chi connectivity index (χ2v) is 11.9. The number of hydrogen-bond acceptors (Lipinski definition) is 1. The Morgan fingerprint density at radius 1 is 1.42 bits per heavy atom. The molecule has 1 aliphatic rings. The van der Waals surface area contributed by atoms with Gasteiger partial charge in [-0.05, 0) is 43.8 Å². The fourth-order valence-electron chi connectivity index (χ4n) is 2.29. The summed E-state index contributed by atoms with van der Waals surface area (Å²) >= 11 is 0. The van der Waals surface area contributed by atoms with E-state index in [0.29, 0.717) is 12.0 Å². The van der Waals surface area contributed by atoms with Gasteiger partial charge in [-0.2, -0.15) is 0 Å². The Bertz CT molecular complexity index is 343. The number of terminal acetylenes is 1. The van der Waals surface area contributed by atoms with E-state index in [2.05, 4.69) is 51.9 Å². The standard InChI is InChI=1S/C17H30OSi/c1-7-8-14-16(15-12-10-9-11-13-15)18-19(5,6)17(2,3)4/h1,10,12,15-16H,8-9,11,13-14H2,2-6H3. The van der Waals surface area contributed by atoms with Crippen molar-refractivity contribution in [2.75, 3.05) is 0 Å². The quantitative estimate of drug-likeness (QED) is 0.384. The second-order valence-electron chi connectivity index (χ2n) is 7.18.